The Balaban J connectivity index is 1.53. The number of hydrogen-bond donors (Lipinski definition) is 3. The Morgan fingerprint density at radius 3 is 2.08 bits per heavy atom. The first-order valence-corrected chi connectivity index (χ1v) is 12.8. The third-order valence-corrected chi connectivity index (χ3v) is 7.96. The molecular formula is C25H15Cl5F3N3O3. The van der Waals surface area contributed by atoms with Gasteiger partial charge < -0.3 is 16.0 Å². The van der Waals surface area contributed by atoms with Crippen LogP contribution in [0.15, 0.2) is 42.5 Å². The standard InChI is InChI=1S/C25H15Cl5F3N3O3/c1-9(37)34-22-16(32)4-5-17(21(22)33)36-23(38)12-8-11(2-3-15(12)31)35-24(39)19-18(25(19,29)30)10-6-13(26)20(28)14(27)7-10/h2-8,18-19H,1H3,(H,34,37)(H,35,39)(H,36,38)/t18-,19+/m0/s1. The Bertz CT molecular complexity index is 1510. The highest BCUT2D eigenvalue weighted by Gasteiger charge is 2.67. The van der Waals surface area contributed by atoms with E-state index in [1.54, 1.807) is 0 Å². The van der Waals surface area contributed by atoms with Crippen molar-refractivity contribution in [2.24, 2.45) is 5.92 Å². The molecule has 6 nitrogen and oxygen atoms in total. The minimum atomic E-state index is -1.52. The number of carbonyl (C=O) groups is 3. The first-order chi connectivity index (χ1) is 18.2. The van der Waals surface area contributed by atoms with Crippen LogP contribution in [0.2, 0.25) is 15.1 Å². The Hall–Kier alpha value is -2.69. The van der Waals surface area contributed by atoms with E-state index in [2.05, 4.69) is 10.6 Å². The van der Waals surface area contributed by atoms with Gasteiger partial charge in [-0.25, -0.2) is 13.2 Å². The van der Waals surface area contributed by atoms with Gasteiger partial charge in [0.05, 0.1) is 32.2 Å². The molecule has 1 saturated carbocycles. The van der Waals surface area contributed by atoms with Crippen LogP contribution in [0.4, 0.5) is 30.2 Å². The van der Waals surface area contributed by atoms with E-state index in [0.29, 0.717) is 5.56 Å². The van der Waals surface area contributed by atoms with Gasteiger partial charge in [-0.3, -0.25) is 14.4 Å². The van der Waals surface area contributed by atoms with Crippen LogP contribution in [-0.4, -0.2) is 22.1 Å². The monoisotopic (exact) mass is 637 g/mol. The summed E-state index contributed by atoms with van der Waals surface area (Å²) in [6, 6.07) is 7.80. The quantitative estimate of drug-likeness (QED) is 0.190. The molecule has 14 heteroatoms. The Morgan fingerprint density at radius 1 is 0.846 bits per heavy atom. The molecule has 0 aromatic heterocycles. The summed E-state index contributed by atoms with van der Waals surface area (Å²) < 4.78 is 41.6. The summed E-state index contributed by atoms with van der Waals surface area (Å²) in [4.78, 5) is 36.9. The summed E-state index contributed by atoms with van der Waals surface area (Å²) in [5.74, 6) is -7.50. The van der Waals surface area contributed by atoms with Crippen LogP contribution in [0.5, 0.6) is 0 Å². The average Bonchev–Trinajstić information content (AvgIpc) is 3.44. The van der Waals surface area contributed by atoms with Crippen LogP contribution in [0.25, 0.3) is 0 Å². The van der Waals surface area contributed by atoms with Gasteiger partial charge in [0.25, 0.3) is 5.91 Å². The smallest absolute Gasteiger partial charge is 0.258 e. The fraction of sp³-hybridized carbons (Fsp3) is 0.160. The highest BCUT2D eigenvalue weighted by Crippen LogP contribution is 2.65. The van der Waals surface area contributed by atoms with Gasteiger partial charge in [0.15, 0.2) is 5.82 Å². The number of carbonyl (C=O) groups excluding carboxylic acids is 3. The van der Waals surface area contributed by atoms with Crippen molar-refractivity contribution in [3.63, 3.8) is 0 Å². The van der Waals surface area contributed by atoms with E-state index in [1.165, 1.54) is 18.2 Å². The third kappa shape index (κ3) is 5.93. The SMILES string of the molecule is CC(=O)Nc1c(F)ccc(NC(=O)c2cc(NC(=O)[C@H]3[C@H](c4cc(Cl)c(Cl)c(Cl)c4)C3(Cl)Cl)ccc2F)c1F. The summed E-state index contributed by atoms with van der Waals surface area (Å²) in [5.41, 5.74) is -1.39. The van der Waals surface area contributed by atoms with Crippen molar-refractivity contribution < 1.29 is 27.6 Å². The second-order valence-corrected chi connectivity index (χ2v) is 11.2. The van der Waals surface area contributed by atoms with Gasteiger partial charge in [0.2, 0.25) is 11.8 Å². The second-order valence-electron chi connectivity index (χ2n) is 8.53. The van der Waals surface area contributed by atoms with Gasteiger partial charge in [-0.1, -0.05) is 34.8 Å². The molecule has 3 aromatic rings. The number of hydrogen-bond acceptors (Lipinski definition) is 3. The maximum absolute atomic E-state index is 14.7. The highest BCUT2D eigenvalue weighted by atomic mass is 35.5. The zero-order valence-corrected chi connectivity index (χ0v) is 23.2. The molecule has 204 valence electrons. The molecule has 39 heavy (non-hydrogen) atoms. The lowest BCUT2D eigenvalue weighted by atomic mass is 10.1. The zero-order chi connectivity index (χ0) is 28.8. The predicted octanol–water partition coefficient (Wildman–Crippen LogP) is 7.80. The van der Waals surface area contributed by atoms with Crippen LogP contribution in [0, 0.1) is 23.4 Å². The van der Waals surface area contributed by atoms with Crippen molar-refractivity contribution in [3.8, 4) is 0 Å². The Labute approximate surface area is 244 Å². The molecule has 3 N–H and O–H groups in total. The molecule has 0 radical (unpaired) electrons. The van der Waals surface area contributed by atoms with E-state index in [-0.39, 0.29) is 20.8 Å². The Kier molecular flexibility index (Phi) is 8.31. The largest absolute Gasteiger partial charge is 0.326 e. The first-order valence-electron chi connectivity index (χ1n) is 10.9. The molecule has 0 saturated heterocycles. The Morgan fingerprint density at radius 2 is 1.46 bits per heavy atom. The van der Waals surface area contributed by atoms with Gasteiger partial charge >= 0.3 is 0 Å². The van der Waals surface area contributed by atoms with E-state index in [0.717, 1.165) is 31.2 Å². The average molecular weight is 640 g/mol. The van der Waals surface area contributed by atoms with Crippen molar-refractivity contribution in [1.29, 1.82) is 0 Å². The molecule has 1 aliphatic carbocycles. The summed E-state index contributed by atoms with van der Waals surface area (Å²) >= 11 is 30.8. The van der Waals surface area contributed by atoms with E-state index in [1.807, 2.05) is 5.32 Å². The number of nitrogens with one attached hydrogen (secondary N) is 3. The maximum atomic E-state index is 14.7. The molecular weight excluding hydrogens is 625 g/mol. The van der Waals surface area contributed by atoms with Gasteiger partial charge in [0, 0.05) is 18.5 Å². The third-order valence-electron chi connectivity index (χ3n) is 5.82. The van der Waals surface area contributed by atoms with Crippen molar-refractivity contribution in [2.45, 2.75) is 17.2 Å². The van der Waals surface area contributed by atoms with Crippen molar-refractivity contribution in [1.82, 2.24) is 0 Å². The van der Waals surface area contributed by atoms with Gasteiger partial charge in [-0.05, 0) is 48.0 Å². The number of amides is 3. The molecule has 4 rings (SSSR count). The number of rotatable bonds is 6. The first kappa shape index (κ1) is 29.3. The molecule has 3 aromatic carbocycles. The number of halogens is 8. The van der Waals surface area contributed by atoms with E-state index < -0.39 is 68.3 Å². The molecule has 1 fully saturated rings. The minimum absolute atomic E-state index is 0.00650. The fourth-order valence-electron chi connectivity index (χ4n) is 3.95. The van der Waals surface area contributed by atoms with Gasteiger partial charge in [-0.2, -0.15) is 0 Å². The topological polar surface area (TPSA) is 87.3 Å². The van der Waals surface area contributed by atoms with Crippen LogP contribution >= 0.6 is 58.0 Å². The van der Waals surface area contributed by atoms with Crippen LogP contribution in [-0.2, 0) is 9.59 Å². The van der Waals surface area contributed by atoms with Gasteiger partial charge in [-0.15, -0.1) is 23.2 Å². The lowest BCUT2D eigenvalue weighted by molar-refractivity contribution is -0.117. The van der Waals surface area contributed by atoms with E-state index >= 15 is 0 Å². The molecule has 2 atom stereocenters. The second kappa shape index (κ2) is 11.1. The number of alkyl halides is 2. The van der Waals surface area contributed by atoms with Crippen molar-refractivity contribution in [3.05, 3.63) is 86.1 Å². The molecule has 0 aliphatic heterocycles. The summed E-state index contributed by atoms with van der Waals surface area (Å²) in [6.07, 6.45) is 0. The fourth-order valence-corrected chi connectivity index (χ4v) is 5.39. The molecule has 0 spiro atoms. The normalized spacial score (nSPS) is 17.4. The minimum Gasteiger partial charge on any atom is -0.326 e. The zero-order valence-electron chi connectivity index (χ0n) is 19.4. The summed E-state index contributed by atoms with van der Waals surface area (Å²) in [5, 5.41) is 7.03. The van der Waals surface area contributed by atoms with Crippen LogP contribution < -0.4 is 16.0 Å². The summed E-state index contributed by atoms with van der Waals surface area (Å²) in [7, 11) is 0. The molecule has 0 bridgehead atoms. The molecule has 1 aliphatic rings. The lowest BCUT2D eigenvalue weighted by Crippen LogP contribution is -2.19. The van der Waals surface area contributed by atoms with Crippen LogP contribution in [0.1, 0.15) is 28.8 Å². The molecule has 3 amide bonds. The number of anilines is 3. The number of benzene rings is 3. The maximum Gasteiger partial charge on any atom is 0.258 e. The van der Waals surface area contributed by atoms with E-state index in [9.17, 15) is 27.6 Å². The van der Waals surface area contributed by atoms with E-state index in [4.69, 9.17) is 58.0 Å². The van der Waals surface area contributed by atoms with Crippen molar-refractivity contribution >= 4 is 92.8 Å². The van der Waals surface area contributed by atoms with Crippen molar-refractivity contribution in [2.75, 3.05) is 16.0 Å². The van der Waals surface area contributed by atoms with Crippen LogP contribution in [0.3, 0.4) is 0 Å². The summed E-state index contributed by atoms with van der Waals surface area (Å²) in [6.45, 7) is 1.04. The highest BCUT2D eigenvalue weighted by molar-refractivity contribution is 6.54. The molecule has 0 heterocycles. The predicted molar refractivity (Wildman–Crippen MR) is 146 cm³/mol. The molecule has 0 unspecified atom stereocenters. The van der Waals surface area contributed by atoms with Gasteiger partial charge in [0.1, 0.15) is 21.7 Å². The lowest BCUT2D eigenvalue weighted by Gasteiger charge is -2.12.